The summed E-state index contributed by atoms with van der Waals surface area (Å²) in [6.07, 6.45) is 5.76. The molecule has 0 radical (unpaired) electrons. The highest BCUT2D eigenvalue weighted by Gasteiger charge is 2.35. The molecule has 0 spiro atoms. The van der Waals surface area contributed by atoms with Gasteiger partial charge < -0.3 is 15.3 Å². The highest BCUT2D eigenvalue weighted by molar-refractivity contribution is 5.79. The van der Waals surface area contributed by atoms with Crippen molar-refractivity contribution in [1.82, 2.24) is 10.2 Å². The van der Waals surface area contributed by atoms with Gasteiger partial charge in [-0.05, 0) is 25.7 Å². The van der Waals surface area contributed by atoms with Gasteiger partial charge in [0.2, 0.25) is 5.91 Å². The van der Waals surface area contributed by atoms with Crippen molar-refractivity contribution in [2.24, 2.45) is 0 Å². The van der Waals surface area contributed by atoms with Gasteiger partial charge in [0.25, 0.3) is 0 Å². The van der Waals surface area contributed by atoms with Gasteiger partial charge in [-0.2, -0.15) is 5.26 Å². The molecule has 1 amide bonds. The molecule has 2 aliphatic rings. The number of amides is 1. The van der Waals surface area contributed by atoms with Gasteiger partial charge in [0.15, 0.2) is 0 Å². The largest absolute Gasteiger partial charge is 0.394 e. The summed E-state index contributed by atoms with van der Waals surface area (Å²) in [5.74, 6) is -0.0150. The molecule has 1 heterocycles. The average Bonchev–Trinajstić information content (AvgIpc) is 3.05. The van der Waals surface area contributed by atoms with Crippen molar-refractivity contribution >= 4 is 5.91 Å². The van der Waals surface area contributed by atoms with Gasteiger partial charge in [0.1, 0.15) is 6.04 Å². The van der Waals surface area contributed by atoms with Crippen LogP contribution in [0.5, 0.6) is 0 Å². The second-order valence-electron chi connectivity index (χ2n) is 5.37. The van der Waals surface area contributed by atoms with E-state index in [-0.39, 0.29) is 30.6 Å². The second-order valence-corrected chi connectivity index (χ2v) is 5.37. The minimum absolute atomic E-state index is 0.0150. The van der Waals surface area contributed by atoms with Gasteiger partial charge >= 0.3 is 0 Å². The number of hydrogen-bond acceptors (Lipinski definition) is 4. The van der Waals surface area contributed by atoms with Crippen molar-refractivity contribution in [1.29, 1.82) is 5.26 Å². The first-order valence-corrected chi connectivity index (χ1v) is 6.76. The Morgan fingerprint density at radius 2 is 2.17 bits per heavy atom. The molecule has 2 N–H and O–H groups in total. The van der Waals surface area contributed by atoms with Crippen LogP contribution in [0, 0.1) is 11.3 Å². The standard InChI is InChI=1S/C13H21N3O2/c14-8-11-4-3-7-16(11)12(18)9-15-13(10-17)5-1-2-6-13/h11,15,17H,1-7,9-10H2. The average molecular weight is 251 g/mol. The van der Waals surface area contributed by atoms with E-state index in [9.17, 15) is 9.90 Å². The predicted molar refractivity (Wildman–Crippen MR) is 66.6 cm³/mol. The Morgan fingerprint density at radius 1 is 1.44 bits per heavy atom. The molecule has 1 atom stereocenters. The second kappa shape index (κ2) is 5.68. The first kappa shape index (κ1) is 13.3. The minimum atomic E-state index is -0.266. The van der Waals surface area contributed by atoms with Gasteiger partial charge in [0, 0.05) is 12.1 Å². The molecule has 2 fully saturated rings. The predicted octanol–water partition coefficient (Wildman–Crippen LogP) is 0.396. The highest BCUT2D eigenvalue weighted by atomic mass is 16.3. The van der Waals surface area contributed by atoms with Crippen molar-refractivity contribution in [3.8, 4) is 6.07 Å². The van der Waals surface area contributed by atoms with Crippen LogP contribution in [0.25, 0.3) is 0 Å². The van der Waals surface area contributed by atoms with Gasteiger partial charge in [0.05, 0.1) is 19.2 Å². The summed E-state index contributed by atoms with van der Waals surface area (Å²) in [5, 5.41) is 21.6. The van der Waals surface area contributed by atoms with Crippen molar-refractivity contribution in [3.63, 3.8) is 0 Å². The molecule has 5 nitrogen and oxygen atoms in total. The van der Waals surface area contributed by atoms with Crippen molar-refractivity contribution < 1.29 is 9.90 Å². The summed E-state index contributed by atoms with van der Waals surface area (Å²) in [5.41, 5.74) is -0.266. The molecule has 1 aliphatic heterocycles. The Kier molecular flexibility index (Phi) is 4.20. The number of likely N-dealkylation sites (tertiary alicyclic amines) is 1. The number of hydrogen-bond donors (Lipinski definition) is 2. The van der Waals surface area contributed by atoms with Gasteiger partial charge in [-0.1, -0.05) is 12.8 Å². The SMILES string of the molecule is N#CC1CCCN1C(=O)CNC1(CO)CCCC1. The summed E-state index contributed by atoms with van der Waals surface area (Å²) in [7, 11) is 0. The summed E-state index contributed by atoms with van der Waals surface area (Å²) < 4.78 is 0. The summed E-state index contributed by atoms with van der Waals surface area (Å²) in [6.45, 7) is 1.01. The Bertz CT molecular complexity index is 345. The van der Waals surface area contributed by atoms with E-state index in [2.05, 4.69) is 11.4 Å². The quantitative estimate of drug-likeness (QED) is 0.758. The molecule has 5 heteroatoms. The van der Waals surface area contributed by atoms with E-state index < -0.39 is 0 Å². The first-order chi connectivity index (χ1) is 8.71. The van der Waals surface area contributed by atoms with Crippen LogP contribution in [0.15, 0.2) is 0 Å². The molecule has 18 heavy (non-hydrogen) atoms. The van der Waals surface area contributed by atoms with Crippen molar-refractivity contribution in [3.05, 3.63) is 0 Å². The molecule has 2 rings (SSSR count). The zero-order valence-corrected chi connectivity index (χ0v) is 10.7. The van der Waals surface area contributed by atoms with Gasteiger partial charge in [-0.25, -0.2) is 0 Å². The lowest BCUT2D eigenvalue weighted by Crippen LogP contribution is -2.51. The molecule has 100 valence electrons. The van der Waals surface area contributed by atoms with E-state index in [1.54, 1.807) is 4.90 Å². The topological polar surface area (TPSA) is 76.4 Å². The molecule has 0 aromatic carbocycles. The maximum absolute atomic E-state index is 12.1. The van der Waals surface area contributed by atoms with Gasteiger partial charge in [-0.15, -0.1) is 0 Å². The Morgan fingerprint density at radius 3 is 2.78 bits per heavy atom. The molecule has 0 aromatic heterocycles. The zero-order valence-electron chi connectivity index (χ0n) is 10.7. The summed E-state index contributed by atoms with van der Waals surface area (Å²) >= 11 is 0. The van der Waals surface area contributed by atoms with Crippen molar-refractivity contribution in [2.45, 2.75) is 50.1 Å². The molecule has 1 saturated carbocycles. The molecular formula is C13H21N3O2. The minimum Gasteiger partial charge on any atom is -0.394 e. The fourth-order valence-corrected chi connectivity index (χ4v) is 3.01. The summed E-state index contributed by atoms with van der Waals surface area (Å²) in [6, 6.07) is 1.92. The fraction of sp³-hybridized carbons (Fsp3) is 0.846. The van der Waals surface area contributed by atoms with Crippen LogP contribution < -0.4 is 5.32 Å². The van der Waals surface area contributed by atoms with E-state index in [4.69, 9.17) is 5.26 Å². The third-order valence-electron chi connectivity index (χ3n) is 4.20. The third-order valence-corrected chi connectivity index (χ3v) is 4.20. The Balaban J connectivity index is 1.86. The smallest absolute Gasteiger partial charge is 0.237 e. The highest BCUT2D eigenvalue weighted by Crippen LogP contribution is 2.29. The van der Waals surface area contributed by atoms with E-state index in [1.165, 1.54) is 0 Å². The maximum Gasteiger partial charge on any atom is 0.237 e. The first-order valence-electron chi connectivity index (χ1n) is 6.76. The lowest BCUT2D eigenvalue weighted by molar-refractivity contribution is -0.130. The molecule has 0 bridgehead atoms. The van der Waals surface area contributed by atoms with Crippen LogP contribution in [-0.4, -0.2) is 47.2 Å². The molecule has 1 saturated heterocycles. The number of carbonyl (C=O) groups excluding carboxylic acids is 1. The lowest BCUT2D eigenvalue weighted by Gasteiger charge is -2.29. The normalized spacial score (nSPS) is 26.2. The number of nitrogens with one attached hydrogen (secondary N) is 1. The summed E-state index contributed by atoms with van der Waals surface area (Å²) in [4.78, 5) is 13.7. The fourth-order valence-electron chi connectivity index (χ4n) is 3.01. The van der Waals surface area contributed by atoms with Crippen LogP contribution in [0.2, 0.25) is 0 Å². The third kappa shape index (κ3) is 2.65. The van der Waals surface area contributed by atoms with Crippen LogP contribution in [0.1, 0.15) is 38.5 Å². The van der Waals surface area contributed by atoms with Crippen molar-refractivity contribution in [2.75, 3.05) is 19.7 Å². The monoisotopic (exact) mass is 251 g/mol. The number of rotatable bonds is 4. The number of carbonyl (C=O) groups is 1. The van der Waals surface area contributed by atoms with E-state index in [1.807, 2.05) is 0 Å². The van der Waals surface area contributed by atoms with E-state index in [0.717, 1.165) is 38.5 Å². The molecule has 1 aliphatic carbocycles. The Hall–Kier alpha value is -1.12. The zero-order chi connectivity index (χ0) is 13.0. The van der Waals surface area contributed by atoms with Crippen LogP contribution in [0.3, 0.4) is 0 Å². The molecule has 1 unspecified atom stereocenters. The molecular weight excluding hydrogens is 230 g/mol. The van der Waals surface area contributed by atoms with E-state index in [0.29, 0.717) is 6.54 Å². The maximum atomic E-state index is 12.1. The van der Waals surface area contributed by atoms with Gasteiger partial charge in [-0.3, -0.25) is 4.79 Å². The van der Waals surface area contributed by atoms with Crippen LogP contribution in [-0.2, 0) is 4.79 Å². The molecule has 0 aromatic rings. The lowest BCUT2D eigenvalue weighted by atomic mass is 9.99. The van der Waals surface area contributed by atoms with E-state index >= 15 is 0 Å². The van der Waals surface area contributed by atoms with Crippen LogP contribution in [0.4, 0.5) is 0 Å². The Labute approximate surface area is 108 Å². The number of nitrogens with zero attached hydrogens (tertiary/aromatic N) is 2. The number of aliphatic hydroxyl groups excluding tert-OH is 1. The number of nitriles is 1. The van der Waals surface area contributed by atoms with Crippen LogP contribution >= 0.6 is 0 Å². The number of aliphatic hydroxyl groups is 1.